The molecule has 0 aromatic rings. The zero-order chi connectivity index (χ0) is 48.4. The van der Waals surface area contributed by atoms with Crippen LogP contribution in [0.3, 0.4) is 0 Å². The molecule has 3 heterocycles. The van der Waals surface area contributed by atoms with Crippen molar-refractivity contribution >= 4 is 11.9 Å². The Hall–Kier alpha value is -3.18. The Kier molecular flexibility index (Phi) is 23.8. The lowest BCUT2D eigenvalue weighted by molar-refractivity contribution is -0.310. The van der Waals surface area contributed by atoms with E-state index in [0.29, 0.717) is 0 Å². The maximum Gasteiger partial charge on any atom is 0.311 e. The highest BCUT2D eigenvalue weighted by Crippen LogP contribution is 2.38. The van der Waals surface area contributed by atoms with E-state index in [9.17, 15) is 65.8 Å². The summed E-state index contributed by atoms with van der Waals surface area (Å²) in [7, 11) is 0. The SMILES string of the molecule is C[C@@H]1[C@H](O)[C@H](C)/C=C/C=C/CC/C=C/C=C/C=C/C=C/[C@H](O[C@@H]2O[C@H](C)[C@@H](O)[C@H](N)[C@@H]2O)CC2O[C@](O)(C[C@@H](O)[C@@H](O)CC[C@H](O)C[C@H](O)C[C@@H](O)CC(=O)O[C@H]1C)C[C@H](O)[C@H]2C(=O)O. The maximum atomic E-state index is 12.6. The van der Waals surface area contributed by atoms with Gasteiger partial charge < -0.3 is 80.9 Å². The summed E-state index contributed by atoms with van der Waals surface area (Å²) >= 11 is 0. The number of hydrogen-bond donors (Lipinski definition) is 12. The highest BCUT2D eigenvalue weighted by Gasteiger charge is 2.51. The fraction of sp³-hybridized carbons (Fsp3) is 0.702. The van der Waals surface area contributed by atoms with E-state index in [0.717, 1.165) is 12.8 Å². The molecule has 0 saturated carbocycles. The molecule has 2 fully saturated rings. The number of fused-ring (bicyclic) bond motifs is 2. The highest BCUT2D eigenvalue weighted by molar-refractivity contribution is 5.71. The van der Waals surface area contributed by atoms with Gasteiger partial charge in [-0.15, -0.1) is 0 Å². The van der Waals surface area contributed by atoms with Crippen LogP contribution >= 0.6 is 0 Å². The van der Waals surface area contributed by atoms with Gasteiger partial charge in [0.2, 0.25) is 0 Å². The van der Waals surface area contributed by atoms with Gasteiger partial charge >= 0.3 is 11.9 Å². The van der Waals surface area contributed by atoms with Crippen molar-refractivity contribution in [2.75, 3.05) is 0 Å². The van der Waals surface area contributed by atoms with Crippen molar-refractivity contribution in [1.29, 1.82) is 0 Å². The molecular formula is C47H75NO17. The highest BCUT2D eigenvalue weighted by atomic mass is 16.7. The number of carboxylic acids is 1. The van der Waals surface area contributed by atoms with E-state index in [4.69, 9.17) is 24.7 Å². The van der Waals surface area contributed by atoms with Crippen LogP contribution < -0.4 is 5.73 Å². The molecule has 3 aliphatic heterocycles. The number of aliphatic carboxylic acids is 1. The maximum absolute atomic E-state index is 12.6. The fourth-order valence-corrected chi connectivity index (χ4v) is 8.11. The van der Waals surface area contributed by atoms with E-state index in [1.165, 1.54) is 13.0 Å². The zero-order valence-electron chi connectivity index (χ0n) is 37.8. The summed E-state index contributed by atoms with van der Waals surface area (Å²) in [6.45, 7) is 6.78. The average molecular weight is 926 g/mol. The Balaban J connectivity index is 1.84. The first-order valence-electron chi connectivity index (χ1n) is 22.6. The van der Waals surface area contributed by atoms with Crippen LogP contribution in [0, 0.1) is 17.8 Å². The summed E-state index contributed by atoms with van der Waals surface area (Å²) < 4.78 is 23.2. The number of nitrogens with two attached hydrogens (primary N) is 1. The van der Waals surface area contributed by atoms with E-state index in [2.05, 4.69) is 0 Å². The minimum absolute atomic E-state index is 0.138. The van der Waals surface area contributed by atoms with Gasteiger partial charge in [-0.25, -0.2) is 0 Å². The Labute approximate surface area is 381 Å². The van der Waals surface area contributed by atoms with Gasteiger partial charge in [0, 0.05) is 31.1 Å². The third-order valence-corrected chi connectivity index (χ3v) is 12.2. The third-order valence-electron chi connectivity index (χ3n) is 12.2. The third kappa shape index (κ3) is 18.8. The van der Waals surface area contributed by atoms with E-state index in [1.807, 2.05) is 49.5 Å². The molecule has 3 aliphatic rings. The molecule has 3 rings (SSSR count). The number of aliphatic hydroxyl groups excluding tert-OH is 9. The molecule has 13 N–H and O–H groups in total. The lowest BCUT2D eigenvalue weighted by Crippen LogP contribution is -2.61. The number of carbonyl (C=O) groups excluding carboxylic acids is 1. The fourth-order valence-electron chi connectivity index (χ4n) is 8.11. The van der Waals surface area contributed by atoms with E-state index in [1.54, 1.807) is 38.2 Å². The zero-order valence-corrected chi connectivity index (χ0v) is 37.8. The number of carboxylic acid groups (broad SMARTS) is 1. The molecule has 1 unspecified atom stereocenters. The summed E-state index contributed by atoms with van der Waals surface area (Å²) in [5.74, 6) is -6.82. The monoisotopic (exact) mass is 926 g/mol. The number of cyclic esters (lactones) is 1. The molecule has 65 heavy (non-hydrogen) atoms. The quantitative estimate of drug-likeness (QED) is 0.175. The van der Waals surface area contributed by atoms with Crippen LogP contribution in [0.15, 0.2) is 72.9 Å². The summed E-state index contributed by atoms with van der Waals surface area (Å²) in [6, 6.07) is -1.14. The Morgan fingerprint density at radius 1 is 0.692 bits per heavy atom. The van der Waals surface area contributed by atoms with Crippen LogP contribution in [0.4, 0.5) is 0 Å². The predicted octanol–water partition coefficient (Wildman–Crippen LogP) is 0.936. The van der Waals surface area contributed by atoms with Gasteiger partial charge in [0.25, 0.3) is 0 Å². The van der Waals surface area contributed by atoms with Crippen LogP contribution in [0.25, 0.3) is 0 Å². The topological polar surface area (TPSA) is 320 Å². The standard InChI is InChI=1S/C47H75NO17/c1-27-17-15-13-11-9-7-5-6-8-10-12-14-16-18-34(64-46-44(58)41(48)43(57)30(4)63-46)24-38-40(45(59)60)37(54)26-47(61,65-38)25-36(53)35(52)20-19-31(49)21-32(50)22-33(51)23-39(55)62-29(3)28(2)42(27)56/h5-6,8,10-18,27-38,40-44,46,49-54,56-58,61H,7,9,19-26,48H2,1-4H3,(H,59,60)/b6-5+,10-8+,13-11+,14-12+,17-15+,18-16+/t27-,28+,29+,30-,31+,32+,33-,34+,35+,36-,37+,38?,40-,41+,42-,43-,44+,46+,47-/m1/s1. The summed E-state index contributed by atoms with van der Waals surface area (Å²) in [5, 5.41) is 118. The molecule has 0 aromatic carbocycles. The van der Waals surface area contributed by atoms with Gasteiger partial charge in [-0.1, -0.05) is 86.8 Å². The number of aliphatic hydroxyl groups is 10. The van der Waals surface area contributed by atoms with Crippen molar-refractivity contribution in [2.24, 2.45) is 23.5 Å². The number of rotatable bonds is 3. The molecule has 0 spiro atoms. The van der Waals surface area contributed by atoms with Gasteiger partial charge in [-0.3, -0.25) is 9.59 Å². The molecule has 2 bridgehead atoms. The van der Waals surface area contributed by atoms with Crippen molar-refractivity contribution in [3.8, 4) is 0 Å². The second-order valence-electron chi connectivity index (χ2n) is 17.8. The predicted molar refractivity (Wildman–Crippen MR) is 237 cm³/mol. The second-order valence-corrected chi connectivity index (χ2v) is 17.8. The minimum Gasteiger partial charge on any atom is -0.481 e. The number of hydrogen-bond acceptors (Lipinski definition) is 17. The molecule has 18 heteroatoms. The number of allylic oxidation sites excluding steroid dienone is 10. The van der Waals surface area contributed by atoms with Crippen molar-refractivity contribution in [3.63, 3.8) is 0 Å². The molecule has 2 saturated heterocycles. The van der Waals surface area contributed by atoms with Crippen LogP contribution in [-0.4, -0.2) is 166 Å². The number of carbonyl (C=O) groups is 2. The van der Waals surface area contributed by atoms with Crippen LogP contribution in [0.2, 0.25) is 0 Å². The largest absolute Gasteiger partial charge is 0.481 e. The Morgan fingerprint density at radius 2 is 1.28 bits per heavy atom. The minimum atomic E-state index is -2.35. The summed E-state index contributed by atoms with van der Waals surface area (Å²) in [4.78, 5) is 25.1. The smallest absolute Gasteiger partial charge is 0.311 e. The molecule has 0 aromatic heterocycles. The second kappa shape index (κ2) is 27.6. The van der Waals surface area contributed by atoms with Gasteiger partial charge in [-0.05, 0) is 52.4 Å². The molecule has 0 radical (unpaired) electrons. The normalized spacial score (nSPS) is 45.2. The molecular weight excluding hydrogens is 851 g/mol. The number of esters is 1. The summed E-state index contributed by atoms with van der Waals surface area (Å²) in [6.07, 6.45) is 2.28. The lowest BCUT2D eigenvalue weighted by Gasteiger charge is -2.45. The number of ether oxygens (including phenoxy) is 4. The van der Waals surface area contributed by atoms with Crippen LogP contribution in [0.1, 0.15) is 91.9 Å². The average Bonchev–Trinajstić information content (AvgIpc) is 3.21. The van der Waals surface area contributed by atoms with E-state index in [-0.39, 0.29) is 38.0 Å². The Morgan fingerprint density at radius 3 is 1.94 bits per heavy atom. The molecule has 0 aliphatic carbocycles. The van der Waals surface area contributed by atoms with Gasteiger partial charge in [-0.2, -0.15) is 0 Å². The van der Waals surface area contributed by atoms with Gasteiger partial charge in [0.1, 0.15) is 18.1 Å². The molecule has 0 amide bonds. The first kappa shape index (κ1) is 56.1. The van der Waals surface area contributed by atoms with Crippen molar-refractivity contribution in [2.45, 2.75) is 189 Å². The van der Waals surface area contributed by atoms with Crippen molar-refractivity contribution in [1.82, 2.24) is 0 Å². The first-order chi connectivity index (χ1) is 30.6. The van der Waals surface area contributed by atoms with Crippen LogP contribution in [-0.2, 0) is 28.5 Å². The van der Waals surface area contributed by atoms with Gasteiger partial charge in [0.05, 0.1) is 79.6 Å². The molecule has 18 nitrogen and oxygen atoms in total. The molecule has 19 atom stereocenters. The lowest BCUT2D eigenvalue weighted by atomic mass is 9.82. The van der Waals surface area contributed by atoms with Gasteiger partial charge in [0.15, 0.2) is 12.1 Å². The van der Waals surface area contributed by atoms with Crippen molar-refractivity contribution in [3.05, 3.63) is 72.9 Å². The van der Waals surface area contributed by atoms with Crippen molar-refractivity contribution < 1.29 is 84.7 Å². The van der Waals surface area contributed by atoms with Crippen LogP contribution in [0.5, 0.6) is 0 Å². The molecule has 370 valence electrons. The summed E-state index contributed by atoms with van der Waals surface area (Å²) in [5.41, 5.74) is 6.02. The van der Waals surface area contributed by atoms with E-state index < -0.39 is 141 Å². The first-order valence-corrected chi connectivity index (χ1v) is 22.6. The van der Waals surface area contributed by atoms with E-state index >= 15 is 0 Å². The Bertz CT molecular complexity index is 1620.